The number of nitrogens with zero attached hydrogens (tertiary/aromatic N) is 2. The number of fused-ring (bicyclic) bond motifs is 1. The Labute approximate surface area is 139 Å². The van der Waals surface area contributed by atoms with Gasteiger partial charge < -0.3 is 10.6 Å². The summed E-state index contributed by atoms with van der Waals surface area (Å²) in [6.45, 7) is 2.06. The van der Waals surface area contributed by atoms with Gasteiger partial charge in [-0.3, -0.25) is 0 Å². The third-order valence-corrected chi connectivity index (χ3v) is 5.29. The molecule has 0 bridgehead atoms. The average Bonchev–Trinajstić information content (AvgIpc) is 2.84. The Morgan fingerprint density at radius 3 is 2.86 bits per heavy atom. The summed E-state index contributed by atoms with van der Waals surface area (Å²) < 4.78 is 0.816. The minimum Gasteiger partial charge on any atom is -0.357 e. The van der Waals surface area contributed by atoms with Crippen LogP contribution in [-0.2, 0) is 0 Å². The molecule has 2 heterocycles. The summed E-state index contributed by atoms with van der Waals surface area (Å²) >= 11 is 11.3. The number of benzene rings is 1. The predicted molar refractivity (Wildman–Crippen MR) is 94.1 cm³/mol. The molecule has 3 rings (SSSR count). The van der Waals surface area contributed by atoms with Crippen molar-refractivity contribution in [2.75, 3.05) is 17.7 Å². The van der Waals surface area contributed by atoms with Crippen molar-refractivity contribution >= 4 is 66.5 Å². The lowest BCUT2D eigenvalue weighted by Gasteiger charge is -2.10. The van der Waals surface area contributed by atoms with Gasteiger partial charge in [0.05, 0.1) is 20.6 Å². The molecule has 0 radical (unpaired) electrons. The molecule has 0 aliphatic heterocycles. The van der Waals surface area contributed by atoms with Crippen LogP contribution < -0.4 is 10.6 Å². The van der Waals surface area contributed by atoms with E-state index in [9.17, 15) is 0 Å². The molecule has 0 aliphatic rings. The number of anilines is 3. The molecule has 0 unspecified atom stereocenters. The third-order valence-electron chi connectivity index (χ3n) is 2.94. The second-order valence-electron chi connectivity index (χ2n) is 4.45. The van der Waals surface area contributed by atoms with Gasteiger partial charge in [0, 0.05) is 11.9 Å². The number of halogens is 2. The predicted octanol–water partition coefficient (Wildman–Crippen LogP) is 5.20. The van der Waals surface area contributed by atoms with Crippen LogP contribution in [0.25, 0.3) is 10.2 Å². The van der Waals surface area contributed by atoms with E-state index in [-0.39, 0.29) is 0 Å². The van der Waals surface area contributed by atoms with Crippen LogP contribution in [0.3, 0.4) is 0 Å². The van der Waals surface area contributed by atoms with E-state index in [1.807, 2.05) is 18.2 Å². The fourth-order valence-electron chi connectivity index (χ4n) is 1.98. The van der Waals surface area contributed by atoms with Gasteiger partial charge in [-0.15, -0.1) is 11.3 Å². The first-order valence-electron chi connectivity index (χ1n) is 6.25. The Hall–Kier alpha value is -1.37. The van der Waals surface area contributed by atoms with Crippen LogP contribution in [0.5, 0.6) is 0 Å². The summed E-state index contributed by atoms with van der Waals surface area (Å²) in [6.07, 6.45) is 0. The van der Waals surface area contributed by atoms with Crippen molar-refractivity contribution in [1.29, 1.82) is 0 Å². The lowest BCUT2D eigenvalue weighted by Crippen LogP contribution is -2.01. The average molecular weight is 384 g/mol. The number of thiophene rings is 1. The Morgan fingerprint density at radius 1 is 1.29 bits per heavy atom. The van der Waals surface area contributed by atoms with Gasteiger partial charge in [-0.1, -0.05) is 17.7 Å². The number of nitrogens with one attached hydrogen (secondary N) is 2. The van der Waals surface area contributed by atoms with E-state index >= 15 is 0 Å². The summed E-state index contributed by atoms with van der Waals surface area (Å²) in [6, 6.07) is 7.76. The van der Waals surface area contributed by atoms with Gasteiger partial charge in [0.1, 0.15) is 10.6 Å². The van der Waals surface area contributed by atoms with Crippen LogP contribution in [-0.4, -0.2) is 17.0 Å². The van der Waals surface area contributed by atoms with E-state index in [1.165, 1.54) is 4.88 Å². The van der Waals surface area contributed by atoms with E-state index in [2.05, 4.69) is 49.5 Å². The van der Waals surface area contributed by atoms with Crippen molar-refractivity contribution in [3.05, 3.63) is 38.6 Å². The Balaban J connectivity index is 2.12. The first kappa shape index (κ1) is 14.6. The molecule has 0 fully saturated rings. The lowest BCUT2D eigenvalue weighted by atomic mass is 10.3. The largest absolute Gasteiger partial charge is 0.357 e. The molecule has 0 amide bonds. The molecule has 3 aromatic rings. The van der Waals surface area contributed by atoms with Crippen LogP contribution in [0.15, 0.2) is 28.7 Å². The highest BCUT2D eigenvalue weighted by atomic mass is 79.9. The van der Waals surface area contributed by atoms with Crippen molar-refractivity contribution in [3.63, 3.8) is 0 Å². The van der Waals surface area contributed by atoms with E-state index in [0.29, 0.717) is 11.0 Å². The molecule has 108 valence electrons. The fraction of sp³-hybridized carbons (Fsp3) is 0.143. The first-order valence-corrected chi connectivity index (χ1v) is 8.24. The Kier molecular flexibility index (Phi) is 4.01. The number of rotatable bonds is 3. The highest BCUT2D eigenvalue weighted by Crippen LogP contribution is 2.35. The van der Waals surface area contributed by atoms with Gasteiger partial charge >= 0.3 is 0 Å². The molecule has 4 nitrogen and oxygen atoms in total. The smallest absolute Gasteiger partial charge is 0.225 e. The van der Waals surface area contributed by atoms with Gasteiger partial charge in [0.2, 0.25) is 5.95 Å². The Morgan fingerprint density at radius 2 is 2.10 bits per heavy atom. The molecule has 0 atom stereocenters. The van der Waals surface area contributed by atoms with Crippen LogP contribution >= 0.6 is 38.9 Å². The normalized spacial score (nSPS) is 10.9. The number of hydrogen-bond donors (Lipinski definition) is 2. The van der Waals surface area contributed by atoms with Crippen LogP contribution in [0.2, 0.25) is 5.02 Å². The highest BCUT2D eigenvalue weighted by molar-refractivity contribution is 9.10. The van der Waals surface area contributed by atoms with Crippen LogP contribution in [0.1, 0.15) is 4.88 Å². The standard InChI is InChI=1S/C14H12BrClN4S/c1-7-6-8-12(19-14(17-2)20-13(8)21-7)18-10-5-3-4-9(16)11(10)15/h3-6H,1-2H3,(H2,17,18,19,20). The lowest BCUT2D eigenvalue weighted by molar-refractivity contribution is 1.20. The van der Waals surface area contributed by atoms with Gasteiger partial charge in [-0.2, -0.15) is 4.98 Å². The highest BCUT2D eigenvalue weighted by Gasteiger charge is 2.12. The molecule has 0 aliphatic carbocycles. The zero-order valence-electron chi connectivity index (χ0n) is 11.4. The van der Waals surface area contributed by atoms with Crippen LogP contribution in [0.4, 0.5) is 17.5 Å². The summed E-state index contributed by atoms with van der Waals surface area (Å²) in [7, 11) is 1.81. The number of aromatic nitrogens is 2. The van der Waals surface area contributed by atoms with E-state index in [0.717, 1.165) is 26.2 Å². The third kappa shape index (κ3) is 2.84. The molecule has 0 saturated carbocycles. The minimum absolute atomic E-state index is 0.588. The second kappa shape index (κ2) is 5.79. The molecule has 0 saturated heterocycles. The summed E-state index contributed by atoms with van der Waals surface area (Å²) in [5.74, 6) is 1.35. The molecule has 7 heteroatoms. The molecular weight excluding hydrogens is 372 g/mol. The van der Waals surface area contributed by atoms with Crippen LogP contribution in [0, 0.1) is 6.92 Å². The van der Waals surface area contributed by atoms with E-state index in [4.69, 9.17) is 11.6 Å². The Bertz CT molecular complexity index is 818. The maximum atomic E-state index is 6.13. The maximum Gasteiger partial charge on any atom is 0.225 e. The molecule has 21 heavy (non-hydrogen) atoms. The zero-order chi connectivity index (χ0) is 15.0. The van der Waals surface area contributed by atoms with Gasteiger partial charge in [-0.05, 0) is 41.1 Å². The zero-order valence-corrected chi connectivity index (χ0v) is 14.5. The molecule has 0 spiro atoms. The fourth-order valence-corrected chi connectivity index (χ4v) is 3.39. The van der Waals surface area contributed by atoms with Crippen molar-refractivity contribution in [2.24, 2.45) is 0 Å². The SMILES string of the molecule is CNc1nc(Nc2cccc(Cl)c2Br)c2cc(C)sc2n1. The summed E-state index contributed by atoms with van der Waals surface area (Å²) in [4.78, 5) is 11.1. The summed E-state index contributed by atoms with van der Waals surface area (Å²) in [5, 5.41) is 7.97. The topological polar surface area (TPSA) is 49.8 Å². The van der Waals surface area contributed by atoms with Gasteiger partial charge in [0.25, 0.3) is 0 Å². The molecule has 1 aromatic carbocycles. The summed E-state index contributed by atoms with van der Waals surface area (Å²) in [5.41, 5.74) is 0.869. The molecular formula is C14H12BrClN4S. The number of hydrogen-bond acceptors (Lipinski definition) is 5. The van der Waals surface area contributed by atoms with E-state index in [1.54, 1.807) is 18.4 Å². The van der Waals surface area contributed by atoms with Crippen molar-refractivity contribution < 1.29 is 0 Å². The second-order valence-corrected chi connectivity index (χ2v) is 6.88. The quantitative estimate of drug-likeness (QED) is 0.652. The monoisotopic (exact) mass is 382 g/mol. The van der Waals surface area contributed by atoms with Gasteiger partial charge in [0.15, 0.2) is 0 Å². The maximum absolute atomic E-state index is 6.13. The first-order chi connectivity index (χ1) is 10.1. The molecule has 2 N–H and O–H groups in total. The minimum atomic E-state index is 0.588. The molecule has 2 aromatic heterocycles. The van der Waals surface area contributed by atoms with Gasteiger partial charge in [-0.25, -0.2) is 4.98 Å². The van der Waals surface area contributed by atoms with Crippen molar-refractivity contribution in [1.82, 2.24) is 9.97 Å². The van der Waals surface area contributed by atoms with Crippen molar-refractivity contribution in [2.45, 2.75) is 6.92 Å². The van der Waals surface area contributed by atoms with Crippen molar-refractivity contribution in [3.8, 4) is 0 Å². The number of aryl methyl sites for hydroxylation is 1. The van der Waals surface area contributed by atoms with E-state index < -0.39 is 0 Å².